The van der Waals surface area contributed by atoms with Gasteiger partial charge in [0.15, 0.2) is 0 Å². The van der Waals surface area contributed by atoms with E-state index in [1.54, 1.807) is 16.8 Å². The van der Waals surface area contributed by atoms with Gasteiger partial charge in [-0.1, -0.05) is 53.0 Å². The third-order valence-corrected chi connectivity index (χ3v) is 6.87. The minimum Gasteiger partial charge on any atom is -0.280 e. The lowest BCUT2D eigenvalue weighted by Gasteiger charge is -2.12. The SMILES string of the molecule is O=c1[nH]n(Cc2ccccc2Cl)c2cc(Cl)c(NS(=O)(=O)c3cc(Cl)ccc3F)cc12. The Kier molecular flexibility index (Phi) is 5.74. The molecular formula is C20H13Cl3FN3O3S. The smallest absolute Gasteiger partial charge is 0.272 e. The molecule has 0 bridgehead atoms. The van der Waals surface area contributed by atoms with E-state index in [-0.39, 0.29) is 27.7 Å². The average molecular weight is 501 g/mol. The number of H-pyrrole nitrogens is 1. The van der Waals surface area contributed by atoms with Gasteiger partial charge in [0.05, 0.1) is 28.2 Å². The summed E-state index contributed by atoms with van der Waals surface area (Å²) in [5.74, 6) is -0.974. The Morgan fingerprint density at radius 3 is 2.48 bits per heavy atom. The fourth-order valence-corrected chi connectivity index (χ4v) is 4.96. The standard InChI is InChI=1S/C20H13Cl3FN3O3S/c21-12-5-6-16(24)19(7-12)31(29,30)26-17-8-13-18(9-15(17)23)27(25-20(13)28)10-11-3-1-2-4-14(11)22/h1-9,26H,10H2,(H,25,28). The van der Waals surface area contributed by atoms with Crippen LogP contribution in [0.4, 0.5) is 10.1 Å². The molecule has 4 rings (SSSR count). The van der Waals surface area contributed by atoms with Crippen molar-refractivity contribution in [3.63, 3.8) is 0 Å². The van der Waals surface area contributed by atoms with Crippen molar-refractivity contribution in [3.05, 3.63) is 91.4 Å². The molecule has 0 saturated carbocycles. The van der Waals surface area contributed by atoms with E-state index in [2.05, 4.69) is 9.82 Å². The van der Waals surface area contributed by atoms with Crippen molar-refractivity contribution in [3.8, 4) is 0 Å². The van der Waals surface area contributed by atoms with Gasteiger partial charge in [-0.25, -0.2) is 12.8 Å². The monoisotopic (exact) mass is 499 g/mol. The Hall–Kier alpha value is -2.52. The Morgan fingerprint density at radius 2 is 1.74 bits per heavy atom. The topological polar surface area (TPSA) is 84.0 Å². The van der Waals surface area contributed by atoms with E-state index in [0.717, 1.165) is 17.7 Å². The quantitative estimate of drug-likeness (QED) is 0.391. The van der Waals surface area contributed by atoms with Crippen LogP contribution in [0.1, 0.15) is 5.56 Å². The highest BCUT2D eigenvalue weighted by Crippen LogP contribution is 2.30. The van der Waals surface area contributed by atoms with Gasteiger partial charge in [0.25, 0.3) is 15.6 Å². The zero-order valence-electron chi connectivity index (χ0n) is 15.5. The zero-order valence-corrected chi connectivity index (χ0v) is 18.6. The number of fused-ring (bicyclic) bond motifs is 1. The number of benzene rings is 3. The molecule has 160 valence electrons. The molecule has 0 radical (unpaired) electrons. The first kappa shape index (κ1) is 21.7. The number of nitrogens with zero attached hydrogens (tertiary/aromatic N) is 1. The lowest BCUT2D eigenvalue weighted by Crippen LogP contribution is -2.15. The van der Waals surface area contributed by atoms with E-state index < -0.39 is 26.3 Å². The number of anilines is 1. The summed E-state index contributed by atoms with van der Waals surface area (Å²) in [5.41, 5.74) is 0.698. The maximum atomic E-state index is 14.0. The van der Waals surface area contributed by atoms with Gasteiger partial charge in [-0.3, -0.25) is 19.3 Å². The van der Waals surface area contributed by atoms with Crippen LogP contribution in [0.2, 0.25) is 15.1 Å². The largest absolute Gasteiger partial charge is 0.280 e. The third-order valence-electron chi connectivity index (χ3n) is 4.57. The highest BCUT2D eigenvalue weighted by Gasteiger charge is 2.22. The van der Waals surface area contributed by atoms with Gasteiger partial charge < -0.3 is 0 Å². The number of aromatic nitrogens is 2. The summed E-state index contributed by atoms with van der Waals surface area (Å²) in [6.45, 7) is 0.271. The summed E-state index contributed by atoms with van der Waals surface area (Å²) in [6, 6.07) is 13.1. The van der Waals surface area contributed by atoms with Crippen molar-refractivity contribution in [1.82, 2.24) is 9.78 Å². The predicted octanol–water partition coefficient (Wildman–Crippen LogP) is 5.28. The van der Waals surface area contributed by atoms with Gasteiger partial charge in [0, 0.05) is 10.0 Å². The molecule has 6 nitrogen and oxygen atoms in total. The van der Waals surface area contributed by atoms with Gasteiger partial charge in [0.1, 0.15) is 10.7 Å². The molecule has 11 heteroatoms. The Bertz CT molecular complexity index is 1480. The predicted molar refractivity (Wildman–Crippen MR) is 120 cm³/mol. The molecule has 3 aromatic carbocycles. The van der Waals surface area contributed by atoms with Crippen LogP contribution in [0.3, 0.4) is 0 Å². The number of rotatable bonds is 5. The second-order valence-electron chi connectivity index (χ2n) is 6.65. The minimum absolute atomic E-state index is 0.0189. The molecule has 0 aliphatic heterocycles. The van der Waals surface area contributed by atoms with E-state index >= 15 is 0 Å². The Balaban J connectivity index is 1.75. The summed E-state index contributed by atoms with van der Waals surface area (Å²) in [5, 5.41) is 3.48. The molecule has 0 saturated heterocycles. The van der Waals surface area contributed by atoms with Crippen molar-refractivity contribution < 1.29 is 12.8 Å². The highest BCUT2D eigenvalue weighted by atomic mass is 35.5. The number of hydrogen-bond acceptors (Lipinski definition) is 3. The fourth-order valence-electron chi connectivity index (χ4n) is 3.09. The van der Waals surface area contributed by atoms with Crippen LogP contribution in [0, 0.1) is 5.82 Å². The first-order valence-corrected chi connectivity index (χ1v) is 11.4. The van der Waals surface area contributed by atoms with Crippen LogP contribution in [0.15, 0.2) is 64.3 Å². The van der Waals surface area contributed by atoms with Crippen LogP contribution < -0.4 is 10.3 Å². The minimum atomic E-state index is -4.35. The first-order valence-electron chi connectivity index (χ1n) is 8.79. The van der Waals surface area contributed by atoms with Crippen LogP contribution in [0.5, 0.6) is 0 Å². The van der Waals surface area contributed by atoms with Gasteiger partial charge in [0.2, 0.25) is 0 Å². The van der Waals surface area contributed by atoms with Crippen LogP contribution in [-0.4, -0.2) is 18.2 Å². The maximum Gasteiger partial charge on any atom is 0.272 e. The molecule has 1 heterocycles. The van der Waals surface area contributed by atoms with E-state index in [9.17, 15) is 17.6 Å². The fraction of sp³-hybridized carbons (Fsp3) is 0.0500. The molecule has 0 aliphatic rings. The second kappa shape index (κ2) is 8.20. The van der Waals surface area contributed by atoms with Crippen molar-refractivity contribution >= 4 is 61.4 Å². The average Bonchev–Trinajstić information content (AvgIpc) is 3.00. The molecule has 0 aliphatic carbocycles. The van der Waals surface area contributed by atoms with Crippen LogP contribution in [0.25, 0.3) is 10.9 Å². The molecule has 31 heavy (non-hydrogen) atoms. The van der Waals surface area contributed by atoms with E-state index in [1.165, 1.54) is 18.2 Å². The molecular weight excluding hydrogens is 488 g/mol. The molecule has 1 aromatic heterocycles. The number of nitrogens with one attached hydrogen (secondary N) is 2. The summed E-state index contributed by atoms with van der Waals surface area (Å²) in [6.07, 6.45) is 0. The highest BCUT2D eigenvalue weighted by molar-refractivity contribution is 7.92. The normalized spacial score (nSPS) is 11.7. The zero-order chi connectivity index (χ0) is 22.3. The summed E-state index contributed by atoms with van der Waals surface area (Å²) < 4.78 is 43.1. The van der Waals surface area contributed by atoms with Crippen molar-refractivity contribution in [2.45, 2.75) is 11.4 Å². The Morgan fingerprint density at radius 1 is 1.00 bits per heavy atom. The van der Waals surface area contributed by atoms with Crippen LogP contribution in [-0.2, 0) is 16.6 Å². The van der Waals surface area contributed by atoms with Gasteiger partial charge in [-0.05, 0) is 42.0 Å². The second-order valence-corrected chi connectivity index (χ2v) is 9.55. The van der Waals surface area contributed by atoms with Gasteiger partial charge >= 0.3 is 0 Å². The molecule has 4 aromatic rings. The van der Waals surface area contributed by atoms with Gasteiger partial charge in [-0.2, -0.15) is 0 Å². The number of hydrogen-bond donors (Lipinski definition) is 2. The number of sulfonamides is 1. The molecule has 0 amide bonds. The van der Waals surface area contributed by atoms with E-state index in [0.29, 0.717) is 10.5 Å². The summed E-state index contributed by atoms with van der Waals surface area (Å²) in [4.78, 5) is 11.8. The number of halogens is 4. The lowest BCUT2D eigenvalue weighted by molar-refractivity contribution is 0.570. The van der Waals surface area contributed by atoms with E-state index in [4.69, 9.17) is 34.8 Å². The molecule has 0 unspecified atom stereocenters. The summed E-state index contributed by atoms with van der Waals surface area (Å²) in [7, 11) is -4.35. The lowest BCUT2D eigenvalue weighted by atomic mass is 10.2. The molecule has 0 atom stereocenters. The Labute approximate surface area is 191 Å². The first-order chi connectivity index (χ1) is 14.7. The third kappa shape index (κ3) is 4.29. The van der Waals surface area contributed by atoms with Gasteiger partial charge in [-0.15, -0.1) is 0 Å². The van der Waals surface area contributed by atoms with Crippen molar-refractivity contribution in [1.29, 1.82) is 0 Å². The van der Waals surface area contributed by atoms with Crippen molar-refractivity contribution in [2.24, 2.45) is 0 Å². The summed E-state index contributed by atoms with van der Waals surface area (Å²) >= 11 is 18.3. The van der Waals surface area contributed by atoms with E-state index in [1.807, 2.05) is 12.1 Å². The molecule has 0 spiro atoms. The number of aromatic amines is 1. The van der Waals surface area contributed by atoms with Crippen molar-refractivity contribution in [2.75, 3.05) is 4.72 Å². The maximum absolute atomic E-state index is 14.0. The van der Waals surface area contributed by atoms with Crippen LogP contribution >= 0.6 is 34.8 Å². The molecule has 0 fully saturated rings. The molecule has 2 N–H and O–H groups in total.